The van der Waals surface area contributed by atoms with E-state index in [0.717, 1.165) is 48.8 Å². The third-order valence-electron chi connectivity index (χ3n) is 4.57. The lowest BCUT2D eigenvalue weighted by Gasteiger charge is -2.25. The molecular formula is C17H21N7. The molecule has 0 aliphatic carbocycles. The van der Waals surface area contributed by atoms with Crippen molar-refractivity contribution in [3.8, 4) is 11.3 Å². The fourth-order valence-electron chi connectivity index (χ4n) is 3.30. The molecule has 0 aromatic carbocycles. The fourth-order valence-corrected chi connectivity index (χ4v) is 3.30. The summed E-state index contributed by atoms with van der Waals surface area (Å²) >= 11 is 0. The second-order valence-corrected chi connectivity index (χ2v) is 6.30. The van der Waals surface area contributed by atoms with Crippen LogP contribution in [-0.4, -0.2) is 35.6 Å². The molecule has 0 saturated heterocycles. The number of nitrogens with zero attached hydrogens (tertiary/aromatic N) is 6. The Bertz CT molecular complexity index is 834. The molecule has 0 fully saturated rings. The zero-order chi connectivity index (χ0) is 16.5. The monoisotopic (exact) mass is 323 g/mol. The molecule has 3 aromatic heterocycles. The molecule has 1 N–H and O–H groups in total. The van der Waals surface area contributed by atoms with Gasteiger partial charge in [-0.1, -0.05) is 0 Å². The number of pyridine rings is 1. The number of rotatable bonds is 4. The molecule has 1 aliphatic heterocycles. The maximum atomic E-state index is 4.61. The molecule has 4 rings (SSSR count). The van der Waals surface area contributed by atoms with Crippen LogP contribution in [-0.2, 0) is 26.6 Å². The van der Waals surface area contributed by atoms with Crippen LogP contribution in [0.1, 0.15) is 23.6 Å². The lowest BCUT2D eigenvalue weighted by atomic mass is 10.1. The highest BCUT2D eigenvalue weighted by Gasteiger charge is 2.21. The van der Waals surface area contributed by atoms with E-state index in [9.17, 15) is 0 Å². The Balaban J connectivity index is 1.48. The first-order valence-electron chi connectivity index (χ1n) is 8.25. The molecule has 0 bridgehead atoms. The molecule has 0 amide bonds. The number of aromatic nitrogens is 6. The molecule has 0 unspecified atom stereocenters. The summed E-state index contributed by atoms with van der Waals surface area (Å²) in [6, 6.07) is 4.43. The third kappa shape index (κ3) is 2.82. The SMILES string of the molecule is Cc1nnc2n1C[C@H](NCc1cn(C)nc1-c1ccncc1)CC2. The molecule has 0 radical (unpaired) electrons. The lowest BCUT2D eigenvalue weighted by molar-refractivity contribution is 0.375. The zero-order valence-electron chi connectivity index (χ0n) is 14.0. The van der Waals surface area contributed by atoms with Crippen molar-refractivity contribution in [2.24, 2.45) is 7.05 Å². The van der Waals surface area contributed by atoms with Crippen molar-refractivity contribution in [1.29, 1.82) is 0 Å². The van der Waals surface area contributed by atoms with Gasteiger partial charge in [-0.2, -0.15) is 5.10 Å². The van der Waals surface area contributed by atoms with Gasteiger partial charge in [-0.3, -0.25) is 9.67 Å². The first-order valence-corrected chi connectivity index (χ1v) is 8.25. The average molecular weight is 323 g/mol. The van der Waals surface area contributed by atoms with Gasteiger partial charge in [0.2, 0.25) is 0 Å². The topological polar surface area (TPSA) is 73.5 Å². The Morgan fingerprint density at radius 1 is 1.25 bits per heavy atom. The minimum atomic E-state index is 0.428. The molecule has 3 aromatic rings. The van der Waals surface area contributed by atoms with E-state index < -0.39 is 0 Å². The van der Waals surface area contributed by atoms with Gasteiger partial charge in [-0.05, 0) is 25.5 Å². The molecule has 24 heavy (non-hydrogen) atoms. The molecular weight excluding hydrogens is 302 g/mol. The highest BCUT2D eigenvalue weighted by Crippen LogP contribution is 2.22. The molecule has 7 nitrogen and oxygen atoms in total. The number of hydrogen-bond acceptors (Lipinski definition) is 5. The molecule has 4 heterocycles. The largest absolute Gasteiger partial charge is 0.314 e. The summed E-state index contributed by atoms with van der Waals surface area (Å²) in [5, 5.41) is 16.7. The van der Waals surface area contributed by atoms with Crippen LogP contribution < -0.4 is 5.32 Å². The van der Waals surface area contributed by atoms with Crippen molar-refractivity contribution in [3.63, 3.8) is 0 Å². The van der Waals surface area contributed by atoms with Crippen molar-refractivity contribution in [1.82, 2.24) is 34.8 Å². The van der Waals surface area contributed by atoms with Crippen LogP contribution in [0.2, 0.25) is 0 Å². The standard InChI is InChI=1S/C17H21N7/c1-12-20-21-16-4-3-15(11-24(12)16)19-9-14-10-23(2)22-17(14)13-5-7-18-8-6-13/h5-8,10,15,19H,3-4,9,11H2,1-2H3/t15-/m1/s1. The van der Waals surface area contributed by atoms with Crippen molar-refractivity contribution in [3.05, 3.63) is 47.9 Å². The second-order valence-electron chi connectivity index (χ2n) is 6.30. The van der Waals surface area contributed by atoms with Crippen LogP contribution in [0.4, 0.5) is 0 Å². The molecule has 1 aliphatic rings. The number of hydrogen-bond donors (Lipinski definition) is 1. The number of fused-ring (bicyclic) bond motifs is 1. The highest BCUT2D eigenvalue weighted by molar-refractivity contribution is 5.61. The smallest absolute Gasteiger partial charge is 0.133 e. The van der Waals surface area contributed by atoms with Crippen LogP contribution in [0.5, 0.6) is 0 Å². The Kier molecular flexibility index (Phi) is 3.86. The van der Waals surface area contributed by atoms with Crippen molar-refractivity contribution in [2.75, 3.05) is 0 Å². The predicted octanol–water partition coefficient (Wildman–Crippen LogP) is 1.49. The molecule has 0 spiro atoms. The average Bonchev–Trinajstić information content (AvgIpc) is 3.17. The predicted molar refractivity (Wildman–Crippen MR) is 90.1 cm³/mol. The summed E-state index contributed by atoms with van der Waals surface area (Å²) in [5.74, 6) is 2.10. The Morgan fingerprint density at radius 2 is 2.08 bits per heavy atom. The molecule has 0 saturated carbocycles. The van der Waals surface area contributed by atoms with E-state index in [1.807, 2.05) is 30.8 Å². The van der Waals surface area contributed by atoms with Crippen molar-refractivity contribution in [2.45, 2.75) is 38.9 Å². The van der Waals surface area contributed by atoms with Crippen LogP contribution in [0, 0.1) is 6.92 Å². The van der Waals surface area contributed by atoms with Gasteiger partial charge in [0.05, 0.1) is 5.69 Å². The molecule has 7 heteroatoms. The summed E-state index contributed by atoms with van der Waals surface area (Å²) in [6.45, 7) is 3.74. The summed E-state index contributed by atoms with van der Waals surface area (Å²) in [6.07, 6.45) is 7.75. The number of nitrogens with one attached hydrogen (secondary N) is 1. The first-order chi connectivity index (χ1) is 11.7. The summed E-state index contributed by atoms with van der Waals surface area (Å²) in [7, 11) is 1.96. The number of aryl methyl sites for hydroxylation is 3. The van der Waals surface area contributed by atoms with Gasteiger partial charge in [0.25, 0.3) is 0 Å². The van der Waals surface area contributed by atoms with Crippen molar-refractivity contribution >= 4 is 0 Å². The van der Waals surface area contributed by atoms with E-state index in [0.29, 0.717) is 6.04 Å². The van der Waals surface area contributed by atoms with Gasteiger partial charge in [0.1, 0.15) is 11.6 Å². The van der Waals surface area contributed by atoms with Gasteiger partial charge < -0.3 is 9.88 Å². The van der Waals surface area contributed by atoms with E-state index in [1.54, 1.807) is 12.4 Å². The van der Waals surface area contributed by atoms with Gasteiger partial charge in [-0.25, -0.2) is 0 Å². The Labute approximate surface area is 140 Å². The summed E-state index contributed by atoms with van der Waals surface area (Å²) in [5.41, 5.74) is 3.32. The maximum absolute atomic E-state index is 4.61. The Morgan fingerprint density at radius 3 is 2.92 bits per heavy atom. The first kappa shape index (κ1) is 15.0. The van der Waals surface area contributed by atoms with E-state index >= 15 is 0 Å². The third-order valence-corrected chi connectivity index (χ3v) is 4.57. The second kappa shape index (κ2) is 6.16. The van der Waals surface area contributed by atoms with Crippen LogP contribution in [0.3, 0.4) is 0 Å². The van der Waals surface area contributed by atoms with E-state index in [4.69, 9.17) is 0 Å². The summed E-state index contributed by atoms with van der Waals surface area (Å²) < 4.78 is 4.09. The highest BCUT2D eigenvalue weighted by atomic mass is 15.3. The maximum Gasteiger partial charge on any atom is 0.133 e. The minimum absolute atomic E-state index is 0.428. The van der Waals surface area contributed by atoms with Gasteiger partial charge in [0.15, 0.2) is 0 Å². The minimum Gasteiger partial charge on any atom is -0.314 e. The Hall–Kier alpha value is -2.54. The van der Waals surface area contributed by atoms with Gasteiger partial charge in [-0.15, -0.1) is 10.2 Å². The normalized spacial score (nSPS) is 17.0. The van der Waals surface area contributed by atoms with Crippen molar-refractivity contribution < 1.29 is 0 Å². The quantitative estimate of drug-likeness (QED) is 0.787. The zero-order valence-corrected chi connectivity index (χ0v) is 14.0. The molecule has 1 atom stereocenters. The fraction of sp³-hybridized carbons (Fsp3) is 0.412. The van der Waals surface area contributed by atoms with Crippen LogP contribution in [0.15, 0.2) is 30.7 Å². The van der Waals surface area contributed by atoms with E-state index in [2.05, 4.69) is 36.4 Å². The molecule has 124 valence electrons. The van der Waals surface area contributed by atoms with Gasteiger partial charge >= 0.3 is 0 Å². The van der Waals surface area contributed by atoms with Gasteiger partial charge in [0, 0.05) is 62.3 Å². The van der Waals surface area contributed by atoms with E-state index in [1.165, 1.54) is 5.56 Å². The van der Waals surface area contributed by atoms with Crippen LogP contribution >= 0.6 is 0 Å². The van der Waals surface area contributed by atoms with Crippen LogP contribution in [0.25, 0.3) is 11.3 Å². The summed E-state index contributed by atoms with van der Waals surface area (Å²) in [4.78, 5) is 4.09. The van der Waals surface area contributed by atoms with E-state index in [-0.39, 0.29) is 0 Å². The lowest BCUT2D eigenvalue weighted by Crippen LogP contribution is -2.37.